The Hall–Kier alpha value is -2.05. The van der Waals surface area contributed by atoms with E-state index < -0.39 is 38.5 Å². The minimum atomic E-state index is -4.77. The lowest BCUT2D eigenvalue weighted by Crippen LogP contribution is -2.39. The van der Waals surface area contributed by atoms with Crippen molar-refractivity contribution in [3.63, 3.8) is 0 Å². The van der Waals surface area contributed by atoms with E-state index >= 15 is 0 Å². The van der Waals surface area contributed by atoms with Crippen molar-refractivity contribution in [1.82, 2.24) is 0 Å². The topological polar surface area (TPSA) is 90.2 Å². The Labute approximate surface area is 142 Å². The number of alkyl halides is 3. The fourth-order valence-corrected chi connectivity index (χ4v) is 5.75. The summed E-state index contributed by atoms with van der Waals surface area (Å²) in [4.78, 5) is 0. The fourth-order valence-electron chi connectivity index (χ4n) is 3.75. The highest BCUT2D eigenvalue weighted by atomic mass is 32.2. The summed E-state index contributed by atoms with van der Waals surface area (Å²) in [5.74, 6) is -0.781. The molecule has 1 saturated carbocycles. The monoisotopic (exact) mass is 372 g/mol. The molecule has 1 fully saturated rings. The van der Waals surface area contributed by atoms with Gasteiger partial charge in [0, 0.05) is 18.2 Å². The predicted molar refractivity (Wildman–Crippen MR) is 83.8 cm³/mol. The number of halogens is 3. The third-order valence-electron chi connectivity index (χ3n) is 4.82. The Morgan fingerprint density at radius 3 is 2.56 bits per heavy atom. The van der Waals surface area contributed by atoms with Crippen molar-refractivity contribution in [1.29, 1.82) is 5.26 Å². The van der Waals surface area contributed by atoms with Gasteiger partial charge in [-0.05, 0) is 36.5 Å². The van der Waals surface area contributed by atoms with E-state index in [9.17, 15) is 26.7 Å². The van der Waals surface area contributed by atoms with Crippen LogP contribution in [0.1, 0.15) is 17.5 Å². The number of aliphatic hydroxyl groups is 1. The second kappa shape index (κ2) is 6.04. The van der Waals surface area contributed by atoms with Crippen molar-refractivity contribution in [2.75, 3.05) is 11.3 Å². The summed E-state index contributed by atoms with van der Waals surface area (Å²) >= 11 is 0. The molecule has 0 heterocycles. The number of rotatable bonds is 4. The summed E-state index contributed by atoms with van der Waals surface area (Å²) < 4.78 is 66.6. The van der Waals surface area contributed by atoms with Gasteiger partial charge in [-0.3, -0.25) is 4.72 Å². The quantitative estimate of drug-likeness (QED) is 0.795. The molecule has 25 heavy (non-hydrogen) atoms. The Morgan fingerprint density at radius 2 is 1.96 bits per heavy atom. The van der Waals surface area contributed by atoms with E-state index in [1.807, 2.05) is 6.08 Å². The molecule has 0 aliphatic heterocycles. The van der Waals surface area contributed by atoms with E-state index in [2.05, 4.69) is 4.72 Å². The molecule has 0 saturated heterocycles. The highest BCUT2D eigenvalue weighted by Gasteiger charge is 2.50. The second-order valence-electron chi connectivity index (χ2n) is 6.28. The summed E-state index contributed by atoms with van der Waals surface area (Å²) in [6.45, 7) is -0.307. The van der Waals surface area contributed by atoms with Gasteiger partial charge in [0.2, 0.25) is 10.0 Å². The highest BCUT2D eigenvalue weighted by molar-refractivity contribution is 7.93. The van der Waals surface area contributed by atoms with Gasteiger partial charge >= 0.3 is 6.18 Å². The van der Waals surface area contributed by atoms with Crippen molar-refractivity contribution >= 4 is 15.7 Å². The van der Waals surface area contributed by atoms with Crippen LogP contribution in [0.25, 0.3) is 0 Å². The van der Waals surface area contributed by atoms with Crippen LogP contribution in [-0.4, -0.2) is 25.4 Å². The van der Waals surface area contributed by atoms with E-state index in [1.165, 1.54) is 6.07 Å². The van der Waals surface area contributed by atoms with Crippen LogP contribution in [0, 0.1) is 29.1 Å². The number of hydrogen-bond acceptors (Lipinski definition) is 4. The Bertz CT molecular complexity index is 858. The summed E-state index contributed by atoms with van der Waals surface area (Å²) in [5, 5.41) is 17.4. The number of fused-ring (bicyclic) bond motifs is 2. The first-order valence-electron chi connectivity index (χ1n) is 7.59. The number of sulfonamides is 1. The average molecular weight is 372 g/mol. The van der Waals surface area contributed by atoms with Gasteiger partial charge in [0.05, 0.1) is 22.4 Å². The molecule has 4 atom stereocenters. The molecule has 1 aromatic carbocycles. The molecule has 2 aliphatic rings. The number of nitrogens with one attached hydrogen (secondary N) is 1. The molecule has 0 spiro atoms. The number of benzene rings is 1. The van der Waals surface area contributed by atoms with Gasteiger partial charge in [0.1, 0.15) is 0 Å². The molecule has 0 amide bonds. The largest absolute Gasteiger partial charge is 0.417 e. The van der Waals surface area contributed by atoms with Crippen molar-refractivity contribution in [3.8, 4) is 6.07 Å². The third-order valence-corrected chi connectivity index (χ3v) is 6.75. The number of nitrogens with zero attached hydrogens (tertiary/aromatic N) is 1. The Kier molecular flexibility index (Phi) is 4.29. The SMILES string of the molecule is N#Cc1ccc(NS(=O)(=O)[C@@H]2[C@H](CO)[C@@H]3C=C[C@H]2C3)cc1C(F)(F)F. The first-order chi connectivity index (χ1) is 11.7. The smallest absolute Gasteiger partial charge is 0.396 e. The zero-order chi connectivity index (χ0) is 18.4. The second-order valence-corrected chi connectivity index (χ2v) is 8.11. The molecule has 1 aromatic rings. The number of allylic oxidation sites excluding steroid dienone is 2. The van der Waals surface area contributed by atoms with Crippen LogP contribution < -0.4 is 4.72 Å². The number of aliphatic hydroxyl groups excluding tert-OH is 1. The fraction of sp³-hybridized carbons (Fsp3) is 0.438. The number of anilines is 1. The lowest BCUT2D eigenvalue weighted by molar-refractivity contribution is -0.137. The van der Waals surface area contributed by atoms with E-state index in [0.29, 0.717) is 12.5 Å². The van der Waals surface area contributed by atoms with Gasteiger partial charge < -0.3 is 5.11 Å². The molecule has 9 heteroatoms. The lowest BCUT2D eigenvalue weighted by Gasteiger charge is -2.26. The minimum Gasteiger partial charge on any atom is -0.396 e. The highest BCUT2D eigenvalue weighted by Crippen LogP contribution is 2.47. The van der Waals surface area contributed by atoms with Crippen LogP contribution >= 0.6 is 0 Å². The van der Waals surface area contributed by atoms with Gasteiger partial charge in [-0.1, -0.05) is 12.2 Å². The van der Waals surface area contributed by atoms with Gasteiger partial charge in [-0.25, -0.2) is 8.42 Å². The molecule has 5 nitrogen and oxygen atoms in total. The van der Waals surface area contributed by atoms with Crippen LogP contribution in [0.15, 0.2) is 30.4 Å². The molecule has 0 aromatic heterocycles. The van der Waals surface area contributed by atoms with E-state index in [-0.39, 0.29) is 24.1 Å². The minimum absolute atomic E-state index is 0.0386. The maximum absolute atomic E-state index is 13.0. The normalized spacial score (nSPS) is 28.1. The molecule has 2 bridgehead atoms. The zero-order valence-electron chi connectivity index (χ0n) is 12.9. The van der Waals surface area contributed by atoms with Crippen LogP contribution in [0.4, 0.5) is 18.9 Å². The predicted octanol–water partition coefficient (Wildman–Crippen LogP) is 2.50. The molecular formula is C16H15F3N2O3S. The van der Waals surface area contributed by atoms with Crippen molar-refractivity contribution in [3.05, 3.63) is 41.5 Å². The van der Waals surface area contributed by atoms with Crippen molar-refractivity contribution in [2.24, 2.45) is 17.8 Å². The third kappa shape index (κ3) is 3.12. The van der Waals surface area contributed by atoms with Gasteiger partial charge in [0.15, 0.2) is 0 Å². The summed E-state index contributed by atoms with van der Waals surface area (Å²) in [6, 6.07) is 4.13. The van der Waals surface area contributed by atoms with Crippen LogP contribution in [0.3, 0.4) is 0 Å². The van der Waals surface area contributed by atoms with Crippen LogP contribution in [-0.2, 0) is 16.2 Å². The Balaban J connectivity index is 1.92. The zero-order valence-corrected chi connectivity index (χ0v) is 13.7. The van der Waals surface area contributed by atoms with Crippen molar-refractivity contribution in [2.45, 2.75) is 17.8 Å². The van der Waals surface area contributed by atoms with Gasteiger partial charge in [-0.15, -0.1) is 0 Å². The first kappa shape index (κ1) is 17.8. The molecule has 2 N–H and O–H groups in total. The number of nitriles is 1. The van der Waals surface area contributed by atoms with Gasteiger partial charge in [0.25, 0.3) is 0 Å². The van der Waals surface area contributed by atoms with E-state index in [1.54, 1.807) is 6.08 Å². The molecule has 0 unspecified atom stereocenters. The molecule has 134 valence electrons. The van der Waals surface area contributed by atoms with Crippen molar-refractivity contribution < 1.29 is 26.7 Å². The lowest BCUT2D eigenvalue weighted by atomic mass is 9.94. The van der Waals surface area contributed by atoms with Crippen LogP contribution in [0.2, 0.25) is 0 Å². The standard InChI is InChI=1S/C16H15F3N2O3S/c17-16(18,19)14-6-12(4-3-11(14)7-20)21-25(23,24)15-10-2-1-9(5-10)13(15)8-22/h1-4,6,9-10,13,15,21-22H,5,8H2/t9-,10+,13-,15+/m1/s1. The van der Waals surface area contributed by atoms with Crippen LogP contribution in [0.5, 0.6) is 0 Å². The van der Waals surface area contributed by atoms with E-state index in [0.717, 1.165) is 12.1 Å². The molecule has 2 aliphatic carbocycles. The molecule has 0 radical (unpaired) electrons. The number of hydrogen-bond donors (Lipinski definition) is 2. The first-order valence-corrected chi connectivity index (χ1v) is 9.14. The van der Waals surface area contributed by atoms with E-state index in [4.69, 9.17) is 5.26 Å². The summed E-state index contributed by atoms with van der Waals surface area (Å²) in [5.41, 5.74) is -2.02. The average Bonchev–Trinajstić information content (AvgIpc) is 3.14. The Morgan fingerprint density at radius 1 is 1.28 bits per heavy atom. The maximum atomic E-state index is 13.0. The summed E-state index contributed by atoms with van der Waals surface area (Å²) in [7, 11) is -4.00. The molecule has 3 rings (SSSR count). The van der Waals surface area contributed by atoms with Gasteiger partial charge in [-0.2, -0.15) is 18.4 Å². The maximum Gasteiger partial charge on any atom is 0.417 e. The summed E-state index contributed by atoms with van der Waals surface area (Å²) in [6.07, 6.45) is -0.505. The molecular weight excluding hydrogens is 357 g/mol.